The van der Waals surface area contributed by atoms with E-state index in [1.807, 2.05) is 38.1 Å². The summed E-state index contributed by atoms with van der Waals surface area (Å²) >= 11 is 0. The van der Waals surface area contributed by atoms with Crippen molar-refractivity contribution in [3.63, 3.8) is 0 Å². The smallest absolute Gasteiger partial charge is 0.326 e. The Morgan fingerprint density at radius 1 is 0.886 bits per heavy atom. The van der Waals surface area contributed by atoms with Crippen molar-refractivity contribution in [1.82, 2.24) is 15.5 Å². The Kier molecular flexibility index (Phi) is 6.38. The maximum Gasteiger partial charge on any atom is 0.326 e. The molecular weight excluding hydrogens is 444 g/mol. The van der Waals surface area contributed by atoms with E-state index in [-0.39, 0.29) is 5.91 Å². The molecule has 1 fully saturated rings. The molecule has 0 unspecified atom stereocenters. The second-order valence-corrected chi connectivity index (χ2v) is 8.44. The Bertz CT molecular complexity index is 1320. The first kappa shape index (κ1) is 23.7. The van der Waals surface area contributed by atoms with Gasteiger partial charge < -0.3 is 16.0 Å². The second kappa shape index (κ2) is 9.42. The number of anilines is 1. The zero-order valence-electron chi connectivity index (χ0n) is 19.7. The average molecular weight is 471 g/mol. The number of hydrogen-bond acceptors (Lipinski definition) is 4. The first-order valence-electron chi connectivity index (χ1n) is 11.2. The monoisotopic (exact) mass is 470 g/mol. The van der Waals surface area contributed by atoms with Crippen LogP contribution in [0.25, 0.3) is 0 Å². The summed E-state index contributed by atoms with van der Waals surface area (Å²) in [6.45, 7) is 3.43. The van der Waals surface area contributed by atoms with E-state index in [0.29, 0.717) is 22.4 Å². The number of hydrogen-bond donors (Lipinski definition) is 3. The minimum absolute atomic E-state index is 0.295. The quantitative estimate of drug-likeness (QED) is 0.481. The van der Waals surface area contributed by atoms with Crippen molar-refractivity contribution in [2.75, 3.05) is 18.9 Å². The van der Waals surface area contributed by atoms with Gasteiger partial charge in [-0.15, -0.1) is 0 Å². The van der Waals surface area contributed by atoms with Gasteiger partial charge in [0.2, 0.25) is 5.91 Å². The summed E-state index contributed by atoms with van der Waals surface area (Å²) in [5.41, 5.74) is 2.56. The van der Waals surface area contributed by atoms with E-state index in [2.05, 4.69) is 16.0 Å². The van der Waals surface area contributed by atoms with Gasteiger partial charge in [0.05, 0.1) is 0 Å². The van der Waals surface area contributed by atoms with E-state index in [4.69, 9.17) is 0 Å². The van der Waals surface area contributed by atoms with Crippen molar-refractivity contribution in [3.8, 4) is 0 Å². The highest BCUT2D eigenvalue weighted by atomic mass is 16.2. The molecule has 1 aliphatic rings. The number of nitrogens with zero attached hydrogens (tertiary/aromatic N) is 1. The van der Waals surface area contributed by atoms with Gasteiger partial charge in [0.15, 0.2) is 5.54 Å². The minimum Gasteiger partial charge on any atom is -0.355 e. The van der Waals surface area contributed by atoms with Gasteiger partial charge in [0, 0.05) is 18.3 Å². The van der Waals surface area contributed by atoms with Crippen molar-refractivity contribution in [2.24, 2.45) is 0 Å². The summed E-state index contributed by atoms with van der Waals surface area (Å²) in [5, 5.41) is 8.03. The number of urea groups is 1. The van der Waals surface area contributed by atoms with E-state index in [0.717, 1.165) is 16.0 Å². The Morgan fingerprint density at radius 3 is 2.31 bits per heavy atom. The molecule has 178 valence electrons. The van der Waals surface area contributed by atoms with Crippen LogP contribution in [0, 0.1) is 13.8 Å². The second-order valence-electron chi connectivity index (χ2n) is 8.44. The van der Waals surface area contributed by atoms with Crippen LogP contribution >= 0.6 is 0 Å². The largest absolute Gasteiger partial charge is 0.355 e. The summed E-state index contributed by atoms with van der Waals surface area (Å²) < 4.78 is 0. The number of benzene rings is 3. The molecule has 0 aliphatic carbocycles. The SMILES string of the molecule is CNC(=O)c1cccc(NC(=O)CN2C(=O)N[C@](c3ccccc3)(c3ccc(C)c(C)c3)C2=O)c1. The predicted octanol–water partition coefficient (Wildman–Crippen LogP) is 3.10. The first-order valence-corrected chi connectivity index (χ1v) is 11.2. The molecule has 5 amide bonds. The number of rotatable bonds is 6. The summed E-state index contributed by atoms with van der Waals surface area (Å²) in [6.07, 6.45) is 0. The molecule has 3 N–H and O–H groups in total. The molecule has 1 aliphatic heterocycles. The highest BCUT2D eigenvalue weighted by molar-refractivity contribution is 6.12. The third-order valence-corrected chi connectivity index (χ3v) is 6.19. The Hall–Kier alpha value is -4.46. The third kappa shape index (κ3) is 4.38. The molecule has 8 heteroatoms. The molecule has 0 radical (unpaired) electrons. The molecule has 0 saturated carbocycles. The van der Waals surface area contributed by atoms with Crippen LogP contribution in [0.3, 0.4) is 0 Å². The van der Waals surface area contributed by atoms with Crippen LogP contribution < -0.4 is 16.0 Å². The molecular formula is C27H26N4O4. The van der Waals surface area contributed by atoms with Crippen molar-refractivity contribution in [2.45, 2.75) is 19.4 Å². The van der Waals surface area contributed by atoms with E-state index in [1.165, 1.54) is 13.1 Å². The summed E-state index contributed by atoms with van der Waals surface area (Å²) in [7, 11) is 1.51. The van der Waals surface area contributed by atoms with Crippen LogP contribution in [0.1, 0.15) is 32.6 Å². The van der Waals surface area contributed by atoms with Crippen molar-refractivity contribution in [1.29, 1.82) is 0 Å². The van der Waals surface area contributed by atoms with Crippen LogP contribution in [-0.4, -0.2) is 42.2 Å². The lowest BCUT2D eigenvalue weighted by atomic mass is 9.81. The summed E-state index contributed by atoms with van der Waals surface area (Å²) in [4.78, 5) is 52.4. The number of carbonyl (C=O) groups is 4. The van der Waals surface area contributed by atoms with Gasteiger partial charge >= 0.3 is 6.03 Å². The third-order valence-electron chi connectivity index (χ3n) is 6.19. The first-order chi connectivity index (χ1) is 16.8. The predicted molar refractivity (Wildman–Crippen MR) is 132 cm³/mol. The molecule has 3 aromatic rings. The van der Waals surface area contributed by atoms with Crippen molar-refractivity contribution in [3.05, 3.63) is 101 Å². The Balaban J connectivity index is 1.64. The Morgan fingerprint density at radius 2 is 1.63 bits per heavy atom. The normalized spacial score (nSPS) is 17.2. The van der Waals surface area contributed by atoms with E-state index in [1.54, 1.807) is 42.5 Å². The van der Waals surface area contributed by atoms with Crippen molar-refractivity contribution < 1.29 is 19.2 Å². The van der Waals surface area contributed by atoms with Gasteiger partial charge in [-0.25, -0.2) is 4.79 Å². The van der Waals surface area contributed by atoms with Gasteiger partial charge in [-0.05, 0) is 54.3 Å². The summed E-state index contributed by atoms with van der Waals surface area (Å²) in [6, 6.07) is 20.3. The molecule has 0 bridgehead atoms. The molecule has 1 heterocycles. The van der Waals surface area contributed by atoms with Crippen LogP contribution in [-0.2, 0) is 15.1 Å². The van der Waals surface area contributed by atoms with Crippen LogP contribution in [0.2, 0.25) is 0 Å². The minimum atomic E-state index is -1.45. The maximum atomic E-state index is 13.8. The zero-order chi connectivity index (χ0) is 25.2. The maximum absolute atomic E-state index is 13.8. The lowest BCUT2D eigenvalue weighted by molar-refractivity contribution is -0.133. The fraction of sp³-hybridized carbons (Fsp3) is 0.185. The molecule has 1 atom stereocenters. The molecule has 0 spiro atoms. The number of aryl methyl sites for hydroxylation is 2. The van der Waals surface area contributed by atoms with Gasteiger partial charge in [-0.3, -0.25) is 19.3 Å². The van der Waals surface area contributed by atoms with Crippen LogP contribution in [0.5, 0.6) is 0 Å². The van der Waals surface area contributed by atoms with Crippen LogP contribution in [0.15, 0.2) is 72.8 Å². The fourth-order valence-electron chi connectivity index (χ4n) is 4.17. The Labute approximate surface area is 203 Å². The number of carbonyl (C=O) groups excluding carboxylic acids is 4. The van der Waals surface area contributed by atoms with E-state index in [9.17, 15) is 19.2 Å². The average Bonchev–Trinajstić information content (AvgIpc) is 3.11. The van der Waals surface area contributed by atoms with E-state index >= 15 is 0 Å². The van der Waals surface area contributed by atoms with Gasteiger partial charge in [0.1, 0.15) is 6.54 Å². The lowest BCUT2D eigenvalue weighted by Crippen LogP contribution is -2.45. The molecule has 1 saturated heterocycles. The molecule has 35 heavy (non-hydrogen) atoms. The van der Waals surface area contributed by atoms with Gasteiger partial charge in [-0.1, -0.05) is 54.6 Å². The van der Waals surface area contributed by atoms with Crippen LogP contribution in [0.4, 0.5) is 10.5 Å². The lowest BCUT2D eigenvalue weighted by Gasteiger charge is -2.28. The zero-order valence-corrected chi connectivity index (χ0v) is 19.7. The number of amides is 5. The van der Waals surface area contributed by atoms with E-state index < -0.39 is 29.9 Å². The highest BCUT2D eigenvalue weighted by Crippen LogP contribution is 2.36. The molecule has 3 aromatic carbocycles. The van der Waals surface area contributed by atoms with Gasteiger partial charge in [-0.2, -0.15) is 0 Å². The fourth-order valence-corrected chi connectivity index (χ4v) is 4.17. The molecule has 0 aromatic heterocycles. The molecule has 8 nitrogen and oxygen atoms in total. The number of imide groups is 1. The molecule has 4 rings (SSSR count). The summed E-state index contributed by atoms with van der Waals surface area (Å²) in [5.74, 6) is -1.39. The standard InChI is InChI=1S/C27H26N4O4/c1-17-12-13-21(14-18(17)2)27(20-9-5-4-6-10-20)25(34)31(26(35)30-27)16-23(32)29-22-11-7-8-19(15-22)24(33)28-3/h4-15H,16H2,1-3H3,(H,28,33)(H,29,32)(H,30,35)/t27-/m1/s1. The van der Waals surface area contributed by atoms with Gasteiger partial charge in [0.25, 0.3) is 11.8 Å². The number of nitrogens with one attached hydrogen (secondary N) is 3. The highest BCUT2D eigenvalue weighted by Gasteiger charge is 2.54. The topological polar surface area (TPSA) is 108 Å². The van der Waals surface area contributed by atoms with Crippen molar-refractivity contribution >= 4 is 29.4 Å².